The summed E-state index contributed by atoms with van der Waals surface area (Å²) in [5.74, 6) is 0. The highest BCUT2D eigenvalue weighted by molar-refractivity contribution is 7.80. The number of rotatable bonds is 2. The van der Waals surface area contributed by atoms with Crippen LogP contribution in [-0.2, 0) is 0 Å². The van der Waals surface area contributed by atoms with Gasteiger partial charge >= 0.3 is 0 Å². The first-order valence-corrected chi connectivity index (χ1v) is 7.15. The van der Waals surface area contributed by atoms with Crippen molar-refractivity contribution in [2.45, 2.75) is 11.8 Å². The highest BCUT2D eigenvalue weighted by Crippen LogP contribution is 2.37. The van der Waals surface area contributed by atoms with Crippen molar-refractivity contribution in [3.8, 4) is 22.3 Å². The Balaban J connectivity index is 2.29. The number of hydrogen-bond acceptors (Lipinski definition) is 1. The molecule has 3 aromatic rings. The van der Waals surface area contributed by atoms with Crippen LogP contribution in [0.15, 0.2) is 77.7 Å². The molecule has 3 rings (SSSR count). The van der Waals surface area contributed by atoms with Crippen LogP contribution in [0.25, 0.3) is 22.3 Å². The van der Waals surface area contributed by atoms with E-state index in [0.29, 0.717) is 0 Å². The van der Waals surface area contributed by atoms with Crippen LogP contribution in [0, 0.1) is 6.92 Å². The molecule has 1 heteroatoms. The van der Waals surface area contributed by atoms with E-state index in [2.05, 4.69) is 80.2 Å². The lowest BCUT2D eigenvalue weighted by atomic mass is 9.91. The van der Waals surface area contributed by atoms with Crippen LogP contribution in [0.5, 0.6) is 0 Å². The molecule has 0 fully saturated rings. The van der Waals surface area contributed by atoms with E-state index in [1.807, 2.05) is 12.1 Å². The lowest BCUT2D eigenvalue weighted by molar-refractivity contribution is 1.31. The molecule has 0 spiro atoms. The van der Waals surface area contributed by atoms with Crippen LogP contribution < -0.4 is 0 Å². The summed E-state index contributed by atoms with van der Waals surface area (Å²) in [7, 11) is 0. The third-order valence-corrected chi connectivity index (χ3v) is 4.07. The highest BCUT2D eigenvalue weighted by atomic mass is 32.1. The highest BCUT2D eigenvalue weighted by Gasteiger charge is 2.11. The second-order valence-corrected chi connectivity index (χ2v) is 5.35. The van der Waals surface area contributed by atoms with Crippen LogP contribution >= 0.6 is 12.6 Å². The summed E-state index contributed by atoms with van der Waals surface area (Å²) >= 11 is 4.58. The smallest absolute Gasteiger partial charge is 0.00758 e. The maximum Gasteiger partial charge on any atom is 0.00758 e. The summed E-state index contributed by atoms with van der Waals surface area (Å²) in [5, 5.41) is 0. The van der Waals surface area contributed by atoms with Gasteiger partial charge in [0.25, 0.3) is 0 Å². The van der Waals surface area contributed by atoms with Gasteiger partial charge in [-0.1, -0.05) is 66.7 Å². The molecule has 0 bridgehead atoms. The number of thiol groups is 1. The van der Waals surface area contributed by atoms with Crippen molar-refractivity contribution in [2.24, 2.45) is 0 Å². The average Bonchev–Trinajstić information content (AvgIpc) is 2.51. The minimum absolute atomic E-state index is 1.03. The lowest BCUT2D eigenvalue weighted by Crippen LogP contribution is -1.90. The zero-order valence-electron chi connectivity index (χ0n) is 11.4. The van der Waals surface area contributed by atoms with Crippen LogP contribution in [0.3, 0.4) is 0 Å². The maximum absolute atomic E-state index is 4.58. The second-order valence-electron chi connectivity index (χ2n) is 4.86. The molecule has 0 amide bonds. The van der Waals surface area contributed by atoms with Crippen molar-refractivity contribution >= 4 is 12.6 Å². The van der Waals surface area contributed by atoms with Crippen molar-refractivity contribution in [3.63, 3.8) is 0 Å². The van der Waals surface area contributed by atoms with Crippen LogP contribution in [0.4, 0.5) is 0 Å². The van der Waals surface area contributed by atoms with Gasteiger partial charge in [-0.15, -0.1) is 12.6 Å². The molecule has 0 saturated heterocycles. The van der Waals surface area contributed by atoms with Gasteiger partial charge in [0.15, 0.2) is 0 Å². The average molecular weight is 276 g/mol. The molecule has 20 heavy (non-hydrogen) atoms. The maximum atomic E-state index is 4.58. The molecule has 0 nitrogen and oxygen atoms in total. The van der Waals surface area contributed by atoms with E-state index in [4.69, 9.17) is 0 Å². The minimum Gasteiger partial charge on any atom is -0.143 e. The van der Waals surface area contributed by atoms with Crippen molar-refractivity contribution in [2.75, 3.05) is 0 Å². The van der Waals surface area contributed by atoms with E-state index in [0.717, 1.165) is 4.90 Å². The molecule has 0 saturated carbocycles. The van der Waals surface area contributed by atoms with Gasteiger partial charge in [-0.05, 0) is 40.8 Å². The van der Waals surface area contributed by atoms with Gasteiger partial charge in [-0.2, -0.15) is 0 Å². The van der Waals surface area contributed by atoms with E-state index in [1.165, 1.54) is 27.8 Å². The SMILES string of the molecule is Cc1c(S)ccc(-c2ccccc2)c1-c1ccccc1. The Bertz CT molecular complexity index is 716. The topological polar surface area (TPSA) is 0 Å². The Morgan fingerprint density at radius 3 is 1.80 bits per heavy atom. The Labute approximate surface area is 125 Å². The molecular weight excluding hydrogens is 260 g/mol. The Morgan fingerprint density at radius 2 is 1.20 bits per heavy atom. The first-order valence-electron chi connectivity index (χ1n) is 6.71. The second kappa shape index (κ2) is 5.56. The van der Waals surface area contributed by atoms with Gasteiger partial charge in [-0.3, -0.25) is 0 Å². The summed E-state index contributed by atoms with van der Waals surface area (Å²) in [4.78, 5) is 1.03. The van der Waals surface area contributed by atoms with Crippen molar-refractivity contribution in [1.29, 1.82) is 0 Å². The fourth-order valence-corrected chi connectivity index (χ4v) is 2.72. The number of hydrogen-bond donors (Lipinski definition) is 1. The molecule has 0 atom stereocenters. The molecule has 0 unspecified atom stereocenters. The van der Waals surface area contributed by atoms with Gasteiger partial charge < -0.3 is 0 Å². The quantitative estimate of drug-likeness (QED) is 0.577. The van der Waals surface area contributed by atoms with E-state index in [9.17, 15) is 0 Å². The first-order chi connectivity index (χ1) is 9.77. The van der Waals surface area contributed by atoms with E-state index >= 15 is 0 Å². The summed E-state index contributed by atoms with van der Waals surface area (Å²) in [6.45, 7) is 2.14. The summed E-state index contributed by atoms with van der Waals surface area (Å²) in [6.07, 6.45) is 0. The van der Waals surface area contributed by atoms with Crippen LogP contribution in [-0.4, -0.2) is 0 Å². The molecule has 0 aliphatic rings. The van der Waals surface area contributed by atoms with Gasteiger partial charge in [0.2, 0.25) is 0 Å². The third-order valence-electron chi connectivity index (χ3n) is 3.58. The minimum atomic E-state index is 1.03. The molecule has 0 aliphatic heterocycles. The fraction of sp³-hybridized carbons (Fsp3) is 0.0526. The lowest BCUT2D eigenvalue weighted by Gasteiger charge is -2.15. The normalized spacial score (nSPS) is 10.5. The molecule has 0 aliphatic carbocycles. The number of benzene rings is 3. The molecular formula is C19H16S. The standard InChI is InChI=1S/C19H16S/c1-14-18(20)13-12-17(15-8-4-2-5-9-15)19(14)16-10-6-3-7-11-16/h2-13,20H,1H3. The van der Waals surface area contributed by atoms with E-state index in [-0.39, 0.29) is 0 Å². The van der Waals surface area contributed by atoms with E-state index in [1.54, 1.807) is 0 Å². The van der Waals surface area contributed by atoms with Gasteiger partial charge in [0, 0.05) is 4.90 Å². The Kier molecular flexibility index (Phi) is 3.62. The predicted molar refractivity (Wildman–Crippen MR) is 89.3 cm³/mol. The van der Waals surface area contributed by atoms with Gasteiger partial charge in [0.05, 0.1) is 0 Å². The molecule has 3 aromatic carbocycles. The summed E-state index contributed by atoms with van der Waals surface area (Å²) < 4.78 is 0. The third kappa shape index (κ3) is 2.37. The molecule has 0 N–H and O–H groups in total. The summed E-state index contributed by atoms with van der Waals surface area (Å²) in [5.41, 5.74) is 6.22. The van der Waals surface area contributed by atoms with E-state index < -0.39 is 0 Å². The zero-order chi connectivity index (χ0) is 13.9. The molecule has 98 valence electrons. The zero-order valence-corrected chi connectivity index (χ0v) is 12.3. The molecule has 0 radical (unpaired) electrons. The monoisotopic (exact) mass is 276 g/mol. The predicted octanol–water partition coefficient (Wildman–Crippen LogP) is 5.62. The van der Waals surface area contributed by atoms with Crippen LogP contribution in [0.2, 0.25) is 0 Å². The fourth-order valence-electron chi connectivity index (χ4n) is 2.54. The molecule has 0 aromatic heterocycles. The first kappa shape index (κ1) is 13.0. The van der Waals surface area contributed by atoms with Crippen molar-refractivity contribution in [3.05, 3.63) is 78.4 Å². The summed E-state index contributed by atoms with van der Waals surface area (Å²) in [6, 6.07) is 25.3. The Morgan fingerprint density at radius 1 is 0.650 bits per heavy atom. The van der Waals surface area contributed by atoms with Crippen LogP contribution in [0.1, 0.15) is 5.56 Å². The van der Waals surface area contributed by atoms with Gasteiger partial charge in [0.1, 0.15) is 0 Å². The van der Waals surface area contributed by atoms with Crippen molar-refractivity contribution in [1.82, 2.24) is 0 Å². The molecule has 0 heterocycles. The van der Waals surface area contributed by atoms with Gasteiger partial charge in [-0.25, -0.2) is 0 Å². The van der Waals surface area contributed by atoms with Crippen molar-refractivity contribution < 1.29 is 0 Å². The largest absolute Gasteiger partial charge is 0.143 e. The Hall–Kier alpha value is -1.99.